The maximum absolute atomic E-state index is 13.2. The number of aromatic nitrogens is 1. The monoisotopic (exact) mass is 343 g/mol. The van der Waals surface area contributed by atoms with Crippen molar-refractivity contribution < 1.29 is 4.39 Å². The summed E-state index contributed by atoms with van der Waals surface area (Å²) in [4.78, 5) is 5.84. The van der Waals surface area contributed by atoms with E-state index in [0.717, 1.165) is 28.5 Å². The smallest absolute Gasteiger partial charge is 0.206 e. The fraction of sp³-hybridized carbons (Fsp3) is 0.176. The fourth-order valence-electron chi connectivity index (χ4n) is 2.65. The second-order valence-corrected chi connectivity index (χ2v) is 7.22. The van der Waals surface area contributed by atoms with Crippen LogP contribution in [0.15, 0.2) is 52.3 Å². The normalized spacial score (nSPS) is 17.6. The van der Waals surface area contributed by atoms with E-state index in [1.54, 1.807) is 34.8 Å². The third-order valence-corrected chi connectivity index (χ3v) is 5.68. The first-order valence-electron chi connectivity index (χ1n) is 7.29. The minimum absolute atomic E-state index is 0.153. The number of hydrogen-bond donors (Lipinski definition) is 0. The first-order chi connectivity index (χ1) is 11.2. The molecule has 0 radical (unpaired) electrons. The second kappa shape index (κ2) is 5.86. The van der Waals surface area contributed by atoms with Crippen molar-refractivity contribution in [1.82, 2.24) is 4.98 Å². The average molecular weight is 343 g/mol. The van der Waals surface area contributed by atoms with Gasteiger partial charge in [0.1, 0.15) is 5.82 Å². The standard InChI is InChI=1S/C17H14FN3S2/c1-11-10-23-17(19-11)21-15(16-3-2-8-22-16)9-14(20-21)12-4-6-13(18)7-5-12/h2-8,10,15H,9H2,1H3/t15-/m1/s1. The van der Waals surface area contributed by atoms with Crippen LogP contribution in [0.2, 0.25) is 0 Å². The molecule has 0 spiro atoms. The predicted octanol–water partition coefficient (Wildman–Crippen LogP) is 5.01. The van der Waals surface area contributed by atoms with Crippen LogP contribution in [0, 0.1) is 12.7 Å². The Kier molecular flexibility index (Phi) is 3.71. The molecule has 0 saturated carbocycles. The number of rotatable bonds is 3. The Labute approximate surface area is 141 Å². The summed E-state index contributed by atoms with van der Waals surface area (Å²) in [6.07, 6.45) is 0.796. The van der Waals surface area contributed by atoms with Crippen LogP contribution in [0.5, 0.6) is 0 Å². The first kappa shape index (κ1) is 14.5. The van der Waals surface area contributed by atoms with E-state index < -0.39 is 0 Å². The molecule has 6 heteroatoms. The number of thiazole rings is 1. The molecule has 4 rings (SSSR count). The predicted molar refractivity (Wildman–Crippen MR) is 93.9 cm³/mol. The van der Waals surface area contributed by atoms with Crippen molar-refractivity contribution in [2.24, 2.45) is 5.10 Å². The van der Waals surface area contributed by atoms with Gasteiger partial charge in [0.05, 0.1) is 17.4 Å². The molecule has 1 aromatic carbocycles. The second-order valence-electron chi connectivity index (χ2n) is 5.40. The zero-order valence-electron chi connectivity index (χ0n) is 12.4. The molecule has 0 amide bonds. The minimum Gasteiger partial charge on any atom is -0.230 e. The highest BCUT2D eigenvalue weighted by molar-refractivity contribution is 7.13. The lowest BCUT2D eigenvalue weighted by Crippen LogP contribution is -2.17. The SMILES string of the molecule is Cc1csc(N2N=C(c3ccc(F)cc3)C[C@@H]2c2cccs2)n1. The fourth-order valence-corrected chi connectivity index (χ4v) is 4.27. The molecule has 1 aliphatic rings. The maximum atomic E-state index is 13.2. The van der Waals surface area contributed by atoms with Crippen molar-refractivity contribution in [3.63, 3.8) is 0 Å². The zero-order chi connectivity index (χ0) is 15.8. The Hall–Kier alpha value is -2.05. The van der Waals surface area contributed by atoms with Gasteiger partial charge in [-0.1, -0.05) is 18.2 Å². The Balaban J connectivity index is 1.73. The van der Waals surface area contributed by atoms with Crippen LogP contribution < -0.4 is 5.01 Å². The van der Waals surface area contributed by atoms with E-state index in [0.29, 0.717) is 0 Å². The molecule has 116 valence electrons. The molecule has 0 N–H and O–H groups in total. The van der Waals surface area contributed by atoms with Crippen molar-refractivity contribution in [2.75, 3.05) is 5.01 Å². The highest BCUT2D eigenvalue weighted by Gasteiger charge is 2.32. The van der Waals surface area contributed by atoms with Gasteiger partial charge < -0.3 is 0 Å². The van der Waals surface area contributed by atoms with Gasteiger partial charge >= 0.3 is 0 Å². The molecule has 2 aromatic heterocycles. The summed E-state index contributed by atoms with van der Waals surface area (Å²) in [5.74, 6) is -0.227. The summed E-state index contributed by atoms with van der Waals surface area (Å²) in [5.41, 5.74) is 2.93. The summed E-state index contributed by atoms with van der Waals surface area (Å²) >= 11 is 3.33. The van der Waals surface area contributed by atoms with Crippen LogP contribution in [0.3, 0.4) is 0 Å². The molecule has 0 aliphatic carbocycles. The number of anilines is 1. The van der Waals surface area contributed by atoms with Crippen molar-refractivity contribution in [3.8, 4) is 0 Å². The van der Waals surface area contributed by atoms with Gasteiger partial charge in [-0.05, 0) is 36.1 Å². The Bertz CT molecular complexity index is 837. The summed E-state index contributed by atoms with van der Waals surface area (Å²) < 4.78 is 13.2. The molecule has 3 nitrogen and oxygen atoms in total. The van der Waals surface area contributed by atoms with Crippen molar-refractivity contribution in [2.45, 2.75) is 19.4 Å². The molecule has 23 heavy (non-hydrogen) atoms. The minimum atomic E-state index is -0.227. The van der Waals surface area contributed by atoms with E-state index >= 15 is 0 Å². The van der Waals surface area contributed by atoms with Crippen LogP contribution in [0.25, 0.3) is 0 Å². The van der Waals surface area contributed by atoms with E-state index in [-0.39, 0.29) is 11.9 Å². The maximum Gasteiger partial charge on any atom is 0.206 e. The van der Waals surface area contributed by atoms with Crippen LogP contribution >= 0.6 is 22.7 Å². The highest BCUT2D eigenvalue weighted by atomic mass is 32.1. The van der Waals surface area contributed by atoms with Gasteiger partial charge in [0.25, 0.3) is 0 Å². The Morgan fingerprint density at radius 3 is 2.65 bits per heavy atom. The molecular formula is C17H14FN3S2. The van der Waals surface area contributed by atoms with Gasteiger partial charge in [0.15, 0.2) is 0 Å². The number of nitrogens with zero attached hydrogens (tertiary/aromatic N) is 3. The number of halogens is 1. The van der Waals surface area contributed by atoms with Gasteiger partial charge in [-0.3, -0.25) is 0 Å². The van der Waals surface area contributed by atoms with E-state index in [1.165, 1.54) is 17.0 Å². The van der Waals surface area contributed by atoms with Gasteiger partial charge in [-0.15, -0.1) is 22.7 Å². The molecule has 1 aliphatic heterocycles. The summed E-state index contributed by atoms with van der Waals surface area (Å²) in [6, 6.07) is 10.9. The zero-order valence-corrected chi connectivity index (χ0v) is 14.1. The van der Waals surface area contributed by atoms with Crippen LogP contribution in [0.1, 0.15) is 28.6 Å². The topological polar surface area (TPSA) is 28.5 Å². The highest BCUT2D eigenvalue weighted by Crippen LogP contribution is 2.39. The lowest BCUT2D eigenvalue weighted by molar-refractivity contribution is 0.627. The van der Waals surface area contributed by atoms with Crippen molar-refractivity contribution >= 4 is 33.5 Å². The number of aryl methyl sites for hydroxylation is 1. The quantitative estimate of drug-likeness (QED) is 0.669. The summed E-state index contributed by atoms with van der Waals surface area (Å²) in [5, 5.41) is 11.8. The van der Waals surface area contributed by atoms with Gasteiger partial charge in [-0.2, -0.15) is 5.10 Å². The van der Waals surface area contributed by atoms with E-state index in [9.17, 15) is 4.39 Å². The summed E-state index contributed by atoms with van der Waals surface area (Å²) in [6.45, 7) is 1.99. The average Bonchev–Trinajstić information content (AvgIpc) is 3.27. The number of thiophene rings is 1. The Morgan fingerprint density at radius 1 is 1.17 bits per heavy atom. The molecule has 0 fully saturated rings. The van der Waals surface area contributed by atoms with Crippen molar-refractivity contribution in [1.29, 1.82) is 0 Å². The van der Waals surface area contributed by atoms with Gasteiger partial charge in [0, 0.05) is 16.7 Å². The van der Waals surface area contributed by atoms with E-state index in [4.69, 9.17) is 5.10 Å². The number of hydrazone groups is 1. The molecular weight excluding hydrogens is 329 g/mol. The molecule has 0 saturated heterocycles. The molecule has 0 unspecified atom stereocenters. The third-order valence-electron chi connectivity index (χ3n) is 3.76. The lowest BCUT2D eigenvalue weighted by Gasteiger charge is -2.19. The van der Waals surface area contributed by atoms with Gasteiger partial charge in [0.2, 0.25) is 5.13 Å². The first-order valence-corrected chi connectivity index (χ1v) is 9.05. The molecule has 0 bridgehead atoms. The number of hydrogen-bond acceptors (Lipinski definition) is 5. The van der Waals surface area contributed by atoms with E-state index in [1.807, 2.05) is 17.3 Å². The largest absolute Gasteiger partial charge is 0.230 e. The summed E-state index contributed by atoms with van der Waals surface area (Å²) in [7, 11) is 0. The van der Waals surface area contributed by atoms with Gasteiger partial charge in [-0.25, -0.2) is 14.4 Å². The van der Waals surface area contributed by atoms with Crippen LogP contribution in [-0.4, -0.2) is 10.7 Å². The lowest BCUT2D eigenvalue weighted by atomic mass is 10.0. The van der Waals surface area contributed by atoms with E-state index in [2.05, 4.69) is 22.5 Å². The molecule has 1 atom stereocenters. The van der Waals surface area contributed by atoms with Crippen molar-refractivity contribution in [3.05, 3.63) is 69.1 Å². The molecule has 3 heterocycles. The Morgan fingerprint density at radius 2 is 2.00 bits per heavy atom. The third kappa shape index (κ3) is 2.80. The van der Waals surface area contributed by atoms with Crippen LogP contribution in [0.4, 0.5) is 9.52 Å². The number of benzene rings is 1. The van der Waals surface area contributed by atoms with Crippen LogP contribution in [-0.2, 0) is 0 Å². The molecule has 3 aromatic rings.